The van der Waals surface area contributed by atoms with Gasteiger partial charge in [0.1, 0.15) is 6.04 Å². The molecule has 0 aliphatic heterocycles. The zero-order chi connectivity index (χ0) is 15.7. The number of aliphatic hydroxyl groups is 1. The van der Waals surface area contributed by atoms with Gasteiger partial charge in [0.05, 0.1) is 26.4 Å². The number of hydrogen-bond donors (Lipinski definition) is 2. The summed E-state index contributed by atoms with van der Waals surface area (Å²) < 4.78 is 9.25. The van der Waals surface area contributed by atoms with Gasteiger partial charge in [-0.05, 0) is 11.6 Å². The number of nitrogens with one attached hydrogen (secondary N) is 1. The number of aliphatic hydroxyl groups excluding tert-OH is 1. The van der Waals surface area contributed by atoms with E-state index in [1.807, 2.05) is 30.3 Å². The molecule has 0 saturated heterocycles. The molecule has 114 valence electrons. The molecule has 21 heavy (non-hydrogen) atoms. The lowest BCUT2D eigenvalue weighted by atomic mass is 10.1. The molecule has 0 bridgehead atoms. The van der Waals surface area contributed by atoms with Crippen LogP contribution in [0.4, 0.5) is 0 Å². The number of benzene rings is 1. The van der Waals surface area contributed by atoms with Gasteiger partial charge in [-0.1, -0.05) is 30.3 Å². The summed E-state index contributed by atoms with van der Waals surface area (Å²) in [5.41, 5.74) is 1.17. The van der Waals surface area contributed by atoms with Crippen molar-refractivity contribution in [1.29, 1.82) is 0 Å². The molecule has 0 aliphatic rings. The SMILES string of the molecule is COC(=O)/C(=C\c1ccccc1)CN[C@@H](CO)C(=O)OC. The van der Waals surface area contributed by atoms with Gasteiger partial charge in [0.15, 0.2) is 0 Å². The van der Waals surface area contributed by atoms with Crippen molar-refractivity contribution in [3.05, 3.63) is 41.5 Å². The second-order valence-electron chi connectivity index (χ2n) is 4.21. The summed E-state index contributed by atoms with van der Waals surface area (Å²) in [4.78, 5) is 23.1. The zero-order valence-electron chi connectivity index (χ0n) is 12.0. The Hall–Kier alpha value is -2.18. The highest BCUT2D eigenvalue weighted by Gasteiger charge is 2.19. The highest BCUT2D eigenvalue weighted by Crippen LogP contribution is 2.08. The molecule has 0 saturated carbocycles. The maximum atomic E-state index is 11.7. The Morgan fingerprint density at radius 1 is 1.24 bits per heavy atom. The lowest BCUT2D eigenvalue weighted by Gasteiger charge is -2.14. The Morgan fingerprint density at radius 3 is 2.43 bits per heavy atom. The summed E-state index contributed by atoms with van der Waals surface area (Å²) in [5.74, 6) is -1.10. The Kier molecular flexibility index (Phi) is 7.14. The van der Waals surface area contributed by atoms with Crippen LogP contribution in [0.25, 0.3) is 6.08 Å². The molecular weight excluding hydrogens is 274 g/mol. The topological polar surface area (TPSA) is 84.9 Å². The summed E-state index contributed by atoms with van der Waals surface area (Å²) in [6.45, 7) is -0.353. The number of esters is 2. The number of hydrogen-bond acceptors (Lipinski definition) is 6. The summed E-state index contributed by atoms with van der Waals surface area (Å²) in [6, 6.07) is 8.35. The molecule has 1 atom stereocenters. The first-order valence-electron chi connectivity index (χ1n) is 6.38. The second-order valence-corrected chi connectivity index (χ2v) is 4.21. The van der Waals surface area contributed by atoms with Gasteiger partial charge in [0.25, 0.3) is 0 Å². The molecule has 2 N–H and O–H groups in total. The van der Waals surface area contributed by atoms with Crippen LogP contribution in [0, 0.1) is 0 Å². The average Bonchev–Trinajstić information content (AvgIpc) is 2.54. The highest BCUT2D eigenvalue weighted by atomic mass is 16.5. The molecule has 0 unspecified atom stereocenters. The summed E-state index contributed by atoms with van der Waals surface area (Å²) in [7, 11) is 2.51. The third kappa shape index (κ3) is 5.37. The minimum absolute atomic E-state index is 0.0713. The van der Waals surface area contributed by atoms with E-state index in [1.54, 1.807) is 6.08 Å². The van der Waals surface area contributed by atoms with E-state index in [-0.39, 0.29) is 6.54 Å². The first-order valence-corrected chi connectivity index (χ1v) is 6.38. The van der Waals surface area contributed by atoms with Gasteiger partial charge in [-0.25, -0.2) is 4.79 Å². The summed E-state index contributed by atoms with van der Waals surface area (Å²) >= 11 is 0. The molecule has 0 heterocycles. The average molecular weight is 293 g/mol. The van der Waals surface area contributed by atoms with Crippen LogP contribution in [-0.2, 0) is 19.1 Å². The van der Waals surface area contributed by atoms with Gasteiger partial charge in [0, 0.05) is 6.54 Å². The third-order valence-corrected chi connectivity index (χ3v) is 2.80. The number of carbonyl (C=O) groups excluding carboxylic acids is 2. The molecule has 0 amide bonds. The largest absolute Gasteiger partial charge is 0.468 e. The van der Waals surface area contributed by atoms with Gasteiger partial charge >= 0.3 is 11.9 Å². The molecule has 0 aromatic heterocycles. The fourth-order valence-electron chi connectivity index (χ4n) is 1.66. The van der Waals surface area contributed by atoms with Gasteiger partial charge in [-0.2, -0.15) is 0 Å². The molecule has 0 aliphatic carbocycles. The van der Waals surface area contributed by atoms with Crippen LogP contribution in [0.3, 0.4) is 0 Å². The Balaban J connectivity index is 2.82. The van der Waals surface area contributed by atoms with E-state index < -0.39 is 24.6 Å². The van der Waals surface area contributed by atoms with Crippen LogP contribution in [0.2, 0.25) is 0 Å². The Bertz CT molecular complexity index is 498. The number of methoxy groups -OCH3 is 2. The highest BCUT2D eigenvalue weighted by molar-refractivity contribution is 5.94. The molecule has 1 rings (SSSR count). The normalized spacial score (nSPS) is 12.6. The molecule has 6 nitrogen and oxygen atoms in total. The van der Waals surface area contributed by atoms with Crippen molar-refractivity contribution in [2.24, 2.45) is 0 Å². The third-order valence-electron chi connectivity index (χ3n) is 2.80. The van der Waals surface area contributed by atoms with Gasteiger partial charge in [0.2, 0.25) is 0 Å². The van der Waals surface area contributed by atoms with Crippen LogP contribution >= 0.6 is 0 Å². The summed E-state index contributed by atoms with van der Waals surface area (Å²) in [6.07, 6.45) is 1.66. The van der Waals surface area contributed by atoms with Crippen molar-refractivity contribution in [3.8, 4) is 0 Å². The summed E-state index contributed by atoms with van der Waals surface area (Å²) in [5, 5.41) is 11.9. The standard InChI is InChI=1S/C15H19NO5/c1-20-14(18)12(8-11-6-4-3-5-7-11)9-16-13(10-17)15(19)21-2/h3-8,13,16-17H,9-10H2,1-2H3/b12-8-/t13-/m0/s1. The lowest BCUT2D eigenvalue weighted by molar-refractivity contribution is -0.144. The van der Waals surface area contributed by atoms with E-state index in [0.717, 1.165) is 5.56 Å². The maximum Gasteiger partial charge on any atom is 0.335 e. The van der Waals surface area contributed by atoms with Crippen LogP contribution in [-0.4, -0.2) is 50.5 Å². The number of ether oxygens (including phenoxy) is 2. The first kappa shape index (κ1) is 16.9. The van der Waals surface area contributed by atoms with Crippen molar-refractivity contribution in [2.45, 2.75) is 6.04 Å². The molecule has 6 heteroatoms. The van der Waals surface area contributed by atoms with Crippen molar-refractivity contribution >= 4 is 18.0 Å². The Labute approximate surface area is 123 Å². The second kappa shape index (κ2) is 8.89. The maximum absolute atomic E-state index is 11.7. The predicted molar refractivity (Wildman–Crippen MR) is 77.3 cm³/mol. The zero-order valence-corrected chi connectivity index (χ0v) is 12.0. The van der Waals surface area contributed by atoms with Crippen molar-refractivity contribution in [1.82, 2.24) is 5.32 Å². The molecular formula is C15H19NO5. The van der Waals surface area contributed by atoms with Crippen molar-refractivity contribution < 1.29 is 24.2 Å². The van der Waals surface area contributed by atoms with Gasteiger partial charge in [-0.15, -0.1) is 0 Å². The van der Waals surface area contributed by atoms with Gasteiger partial charge < -0.3 is 14.6 Å². The van der Waals surface area contributed by atoms with Crippen LogP contribution in [0.1, 0.15) is 5.56 Å². The Morgan fingerprint density at radius 2 is 1.90 bits per heavy atom. The monoisotopic (exact) mass is 293 g/mol. The van der Waals surface area contributed by atoms with Crippen molar-refractivity contribution in [3.63, 3.8) is 0 Å². The van der Waals surface area contributed by atoms with Crippen LogP contribution in [0.5, 0.6) is 0 Å². The minimum atomic E-state index is -0.890. The van der Waals surface area contributed by atoms with E-state index in [1.165, 1.54) is 14.2 Å². The molecule has 0 fully saturated rings. The van der Waals surface area contributed by atoms with E-state index in [4.69, 9.17) is 9.84 Å². The fraction of sp³-hybridized carbons (Fsp3) is 0.333. The van der Waals surface area contributed by atoms with E-state index in [2.05, 4.69) is 10.1 Å². The van der Waals surface area contributed by atoms with Crippen LogP contribution < -0.4 is 5.32 Å². The first-order chi connectivity index (χ1) is 10.1. The number of rotatable bonds is 7. The molecule has 0 radical (unpaired) electrons. The van der Waals surface area contributed by atoms with Crippen molar-refractivity contribution in [2.75, 3.05) is 27.4 Å². The molecule has 0 spiro atoms. The fourth-order valence-corrected chi connectivity index (χ4v) is 1.66. The quantitative estimate of drug-likeness (QED) is 0.558. The van der Waals surface area contributed by atoms with E-state index >= 15 is 0 Å². The van der Waals surface area contributed by atoms with Crippen LogP contribution in [0.15, 0.2) is 35.9 Å². The minimum Gasteiger partial charge on any atom is -0.468 e. The van der Waals surface area contributed by atoms with E-state index in [9.17, 15) is 9.59 Å². The van der Waals surface area contributed by atoms with Gasteiger partial charge in [-0.3, -0.25) is 10.1 Å². The molecule has 1 aromatic carbocycles. The smallest absolute Gasteiger partial charge is 0.335 e. The molecule has 1 aromatic rings. The lowest BCUT2D eigenvalue weighted by Crippen LogP contribution is -2.42. The predicted octanol–water partition coefficient (Wildman–Crippen LogP) is 0.366. The number of carbonyl (C=O) groups is 2. The van der Waals surface area contributed by atoms with E-state index in [0.29, 0.717) is 5.57 Å².